The molecule has 4 N–H and O–H groups in total. The summed E-state index contributed by atoms with van der Waals surface area (Å²) in [6.07, 6.45) is 0.258. The Balaban J connectivity index is 0.00000324. The van der Waals surface area contributed by atoms with Crippen LogP contribution in [0.1, 0.15) is 24.5 Å². The van der Waals surface area contributed by atoms with Crippen molar-refractivity contribution in [1.29, 1.82) is 0 Å². The fraction of sp³-hybridized carbons (Fsp3) is 0.462. The zero-order valence-corrected chi connectivity index (χ0v) is 11.8. The standard InChI is InChI=1S/C13H20N2O3.ClH/c1-18-12-6-3-2-5-10(12)11(16)9-15-13(17)7-4-8-14;/h2-3,5-6,11,16H,4,7-9,14H2,1H3,(H,15,17);1H. The van der Waals surface area contributed by atoms with E-state index >= 15 is 0 Å². The lowest BCUT2D eigenvalue weighted by Crippen LogP contribution is -2.28. The van der Waals surface area contributed by atoms with Crippen molar-refractivity contribution >= 4 is 18.3 Å². The van der Waals surface area contributed by atoms with E-state index in [0.29, 0.717) is 30.7 Å². The minimum absolute atomic E-state index is 0. The third kappa shape index (κ3) is 5.92. The maximum absolute atomic E-state index is 11.4. The summed E-state index contributed by atoms with van der Waals surface area (Å²) in [5, 5.41) is 12.7. The lowest BCUT2D eigenvalue weighted by Gasteiger charge is -2.15. The zero-order chi connectivity index (χ0) is 13.4. The fourth-order valence-corrected chi connectivity index (χ4v) is 1.61. The number of nitrogens with one attached hydrogen (secondary N) is 1. The quantitative estimate of drug-likeness (QED) is 0.699. The summed E-state index contributed by atoms with van der Waals surface area (Å²) in [5.41, 5.74) is 5.98. The molecule has 0 aliphatic rings. The highest BCUT2D eigenvalue weighted by Crippen LogP contribution is 2.23. The summed E-state index contributed by atoms with van der Waals surface area (Å²) in [7, 11) is 1.55. The Kier molecular flexibility index (Phi) is 8.95. The first kappa shape index (κ1) is 17.7. The van der Waals surface area contributed by atoms with Crippen molar-refractivity contribution in [2.24, 2.45) is 5.73 Å². The van der Waals surface area contributed by atoms with Gasteiger partial charge in [-0.2, -0.15) is 0 Å². The number of nitrogens with two attached hydrogens (primary N) is 1. The van der Waals surface area contributed by atoms with Gasteiger partial charge in [-0.1, -0.05) is 18.2 Å². The second-order valence-corrected chi connectivity index (χ2v) is 3.95. The van der Waals surface area contributed by atoms with Gasteiger partial charge in [0.15, 0.2) is 0 Å². The monoisotopic (exact) mass is 288 g/mol. The van der Waals surface area contributed by atoms with Crippen LogP contribution >= 0.6 is 12.4 Å². The van der Waals surface area contributed by atoms with Gasteiger partial charge in [-0.15, -0.1) is 12.4 Å². The summed E-state index contributed by atoms with van der Waals surface area (Å²) >= 11 is 0. The summed E-state index contributed by atoms with van der Waals surface area (Å²) in [6.45, 7) is 0.659. The average molecular weight is 289 g/mol. The summed E-state index contributed by atoms with van der Waals surface area (Å²) in [6, 6.07) is 7.19. The molecule has 0 spiro atoms. The molecule has 108 valence electrons. The van der Waals surface area contributed by atoms with Crippen molar-refractivity contribution < 1.29 is 14.6 Å². The van der Waals surface area contributed by atoms with Gasteiger partial charge >= 0.3 is 0 Å². The van der Waals surface area contributed by atoms with Crippen LogP contribution in [0.4, 0.5) is 0 Å². The third-order valence-corrected chi connectivity index (χ3v) is 2.60. The molecule has 0 saturated heterocycles. The molecule has 0 saturated carbocycles. The predicted octanol–water partition coefficient (Wildman–Crippen LogP) is 1.01. The van der Waals surface area contributed by atoms with E-state index in [-0.39, 0.29) is 24.9 Å². The molecule has 0 fully saturated rings. The van der Waals surface area contributed by atoms with Crippen LogP contribution in [0.25, 0.3) is 0 Å². The summed E-state index contributed by atoms with van der Waals surface area (Å²) in [5.74, 6) is 0.510. The van der Waals surface area contributed by atoms with E-state index in [1.807, 2.05) is 12.1 Å². The Hall–Kier alpha value is -1.30. The fourth-order valence-electron chi connectivity index (χ4n) is 1.61. The number of carbonyl (C=O) groups excluding carboxylic acids is 1. The number of rotatable bonds is 7. The first-order valence-corrected chi connectivity index (χ1v) is 5.96. The minimum Gasteiger partial charge on any atom is -0.496 e. The maximum Gasteiger partial charge on any atom is 0.220 e. The van der Waals surface area contributed by atoms with Crippen molar-refractivity contribution in [1.82, 2.24) is 5.32 Å². The second-order valence-electron chi connectivity index (χ2n) is 3.95. The Morgan fingerprint density at radius 1 is 1.47 bits per heavy atom. The Morgan fingerprint density at radius 3 is 2.79 bits per heavy atom. The van der Waals surface area contributed by atoms with Gasteiger partial charge < -0.3 is 20.9 Å². The van der Waals surface area contributed by atoms with Gasteiger partial charge in [-0.25, -0.2) is 0 Å². The minimum atomic E-state index is -0.775. The van der Waals surface area contributed by atoms with Crippen LogP contribution in [-0.2, 0) is 4.79 Å². The number of amides is 1. The number of hydrogen-bond donors (Lipinski definition) is 3. The predicted molar refractivity (Wildman–Crippen MR) is 76.5 cm³/mol. The SMILES string of the molecule is COc1ccccc1C(O)CNC(=O)CCCN.Cl. The van der Waals surface area contributed by atoms with Crippen LogP contribution in [-0.4, -0.2) is 31.2 Å². The van der Waals surface area contributed by atoms with Gasteiger partial charge in [-0.05, 0) is 19.0 Å². The second kappa shape index (κ2) is 9.61. The van der Waals surface area contributed by atoms with Crippen LogP contribution in [0.3, 0.4) is 0 Å². The Bertz CT molecular complexity index is 388. The molecule has 6 heteroatoms. The number of aliphatic hydroxyl groups excluding tert-OH is 1. The molecular weight excluding hydrogens is 268 g/mol. The lowest BCUT2D eigenvalue weighted by molar-refractivity contribution is -0.121. The first-order chi connectivity index (χ1) is 8.69. The zero-order valence-electron chi connectivity index (χ0n) is 11.0. The smallest absolute Gasteiger partial charge is 0.220 e. The topological polar surface area (TPSA) is 84.6 Å². The van der Waals surface area contributed by atoms with Crippen LogP contribution in [0.2, 0.25) is 0 Å². The van der Waals surface area contributed by atoms with E-state index in [0.717, 1.165) is 0 Å². The van der Waals surface area contributed by atoms with Gasteiger partial charge in [0.1, 0.15) is 5.75 Å². The highest BCUT2D eigenvalue weighted by molar-refractivity contribution is 5.85. The molecule has 1 amide bonds. The van der Waals surface area contributed by atoms with Gasteiger partial charge in [0.25, 0.3) is 0 Å². The average Bonchev–Trinajstić information content (AvgIpc) is 2.42. The van der Waals surface area contributed by atoms with Crippen molar-refractivity contribution in [3.05, 3.63) is 29.8 Å². The number of methoxy groups -OCH3 is 1. The first-order valence-electron chi connectivity index (χ1n) is 5.96. The molecule has 5 nitrogen and oxygen atoms in total. The van der Waals surface area contributed by atoms with Gasteiger partial charge in [0.05, 0.1) is 13.2 Å². The number of halogens is 1. The highest BCUT2D eigenvalue weighted by Gasteiger charge is 2.13. The summed E-state index contributed by atoms with van der Waals surface area (Å²) < 4.78 is 5.15. The largest absolute Gasteiger partial charge is 0.496 e. The van der Waals surface area contributed by atoms with E-state index in [9.17, 15) is 9.90 Å². The van der Waals surface area contributed by atoms with Crippen LogP contribution in [0.15, 0.2) is 24.3 Å². The molecular formula is C13H21ClN2O3. The lowest BCUT2D eigenvalue weighted by atomic mass is 10.1. The molecule has 0 radical (unpaired) electrons. The number of para-hydroxylation sites is 1. The van der Waals surface area contributed by atoms with Crippen molar-refractivity contribution in [2.45, 2.75) is 18.9 Å². The molecule has 0 aliphatic heterocycles. The maximum atomic E-state index is 11.4. The normalized spacial score (nSPS) is 11.3. The van der Waals surface area contributed by atoms with Crippen LogP contribution in [0, 0.1) is 0 Å². The van der Waals surface area contributed by atoms with E-state index in [1.165, 1.54) is 0 Å². The molecule has 0 aromatic heterocycles. The van der Waals surface area contributed by atoms with Crippen LogP contribution < -0.4 is 15.8 Å². The van der Waals surface area contributed by atoms with Crippen LogP contribution in [0.5, 0.6) is 5.75 Å². The number of hydrogen-bond acceptors (Lipinski definition) is 4. The molecule has 19 heavy (non-hydrogen) atoms. The number of aliphatic hydroxyl groups is 1. The Labute approximate surface area is 119 Å². The molecule has 1 aromatic carbocycles. The van der Waals surface area contributed by atoms with E-state index < -0.39 is 6.10 Å². The number of carbonyl (C=O) groups is 1. The molecule has 0 bridgehead atoms. The molecule has 1 aromatic rings. The van der Waals surface area contributed by atoms with Crippen molar-refractivity contribution in [3.8, 4) is 5.75 Å². The molecule has 0 aliphatic carbocycles. The third-order valence-electron chi connectivity index (χ3n) is 2.60. The molecule has 1 atom stereocenters. The Morgan fingerprint density at radius 2 is 2.16 bits per heavy atom. The highest BCUT2D eigenvalue weighted by atomic mass is 35.5. The van der Waals surface area contributed by atoms with Gasteiger partial charge in [0, 0.05) is 18.5 Å². The van der Waals surface area contributed by atoms with E-state index in [4.69, 9.17) is 10.5 Å². The molecule has 1 unspecified atom stereocenters. The van der Waals surface area contributed by atoms with E-state index in [2.05, 4.69) is 5.32 Å². The van der Waals surface area contributed by atoms with E-state index in [1.54, 1.807) is 19.2 Å². The summed E-state index contributed by atoms with van der Waals surface area (Å²) in [4.78, 5) is 11.4. The van der Waals surface area contributed by atoms with Crippen molar-refractivity contribution in [2.75, 3.05) is 20.2 Å². The van der Waals surface area contributed by atoms with Crippen molar-refractivity contribution in [3.63, 3.8) is 0 Å². The molecule has 0 heterocycles. The molecule has 1 rings (SSSR count). The number of benzene rings is 1. The van der Waals surface area contributed by atoms with Gasteiger partial charge in [0.2, 0.25) is 5.91 Å². The van der Waals surface area contributed by atoms with Gasteiger partial charge in [-0.3, -0.25) is 4.79 Å². The number of ether oxygens (including phenoxy) is 1.